The Morgan fingerprint density at radius 1 is 0.931 bits per heavy atom. The zero-order valence-electron chi connectivity index (χ0n) is 16.1. The molecule has 0 unspecified atom stereocenters. The predicted molar refractivity (Wildman–Crippen MR) is 109 cm³/mol. The highest BCUT2D eigenvalue weighted by atomic mass is 16.6. The van der Waals surface area contributed by atoms with Gasteiger partial charge in [-0.05, 0) is 54.7 Å². The van der Waals surface area contributed by atoms with Gasteiger partial charge in [0, 0.05) is 25.2 Å². The number of anilines is 1. The molecule has 29 heavy (non-hydrogen) atoms. The normalized spacial score (nSPS) is 16.9. The first-order valence-electron chi connectivity index (χ1n) is 9.73. The van der Waals surface area contributed by atoms with Gasteiger partial charge in [-0.3, -0.25) is 19.7 Å². The molecule has 4 rings (SSSR count). The average Bonchev–Trinajstić information content (AvgIpc) is 3.34. The molecule has 1 saturated heterocycles. The van der Waals surface area contributed by atoms with Crippen molar-refractivity contribution in [3.05, 3.63) is 75.5 Å². The highest BCUT2D eigenvalue weighted by Gasteiger charge is 2.43. The number of benzene rings is 2. The highest BCUT2D eigenvalue weighted by molar-refractivity contribution is 6.45. The van der Waals surface area contributed by atoms with Crippen LogP contribution in [0.15, 0.2) is 54.2 Å². The van der Waals surface area contributed by atoms with E-state index in [-0.39, 0.29) is 11.6 Å². The van der Waals surface area contributed by atoms with Crippen LogP contribution in [0, 0.1) is 10.1 Å². The third kappa shape index (κ3) is 3.29. The molecule has 7 nitrogen and oxygen atoms in total. The number of hydrogen-bond donors (Lipinski definition) is 0. The Labute approximate surface area is 168 Å². The van der Waals surface area contributed by atoms with Crippen LogP contribution in [0.1, 0.15) is 30.9 Å². The summed E-state index contributed by atoms with van der Waals surface area (Å²) in [6.07, 6.45) is 2.79. The summed E-state index contributed by atoms with van der Waals surface area (Å²) in [5.41, 5.74) is 2.82. The second-order valence-corrected chi connectivity index (χ2v) is 7.19. The fourth-order valence-corrected chi connectivity index (χ4v) is 3.88. The summed E-state index contributed by atoms with van der Waals surface area (Å²) >= 11 is 0. The molecule has 0 spiro atoms. The van der Waals surface area contributed by atoms with E-state index in [4.69, 9.17) is 0 Å². The molecule has 0 bridgehead atoms. The summed E-state index contributed by atoms with van der Waals surface area (Å²) in [4.78, 5) is 40.3. The van der Waals surface area contributed by atoms with Crippen molar-refractivity contribution in [1.82, 2.24) is 4.90 Å². The summed E-state index contributed by atoms with van der Waals surface area (Å²) in [6, 6.07) is 13.2. The lowest BCUT2D eigenvalue weighted by Crippen LogP contribution is -2.34. The van der Waals surface area contributed by atoms with Gasteiger partial charge >= 0.3 is 0 Å². The minimum Gasteiger partial charge on any atom is -0.366 e. The molecule has 148 valence electrons. The average molecular weight is 391 g/mol. The maximum Gasteiger partial charge on any atom is 0.282 e. The van der Waals surface area contributed by atoms with Crippen molar-refractivity contribution in [3.63, 3.8) is 0 Å². The molecule has 0 radical (unpaired) electrons. The monoisotopic (exact) mass is 391 g/mol. The lowest BCUT2D eigenvalue weighted by Gasteiger charge is -2.20. The van der Waals surface area contributed by atoms with E-state index in [1.807, 2.05) is 24.0 Å². The van der Waals surface area contributed by atoms with Crippen molar-refractivity contribution in [2.45, 2.75) is 26.2 Å². The van der Waals surface area contributed by atoms with Crippen LogP contribution in [-0.2, 0) is 16.0 Å². The molecule has 1 fully saturated rings. The lowest BCUT2D eigenvalue weighted by atomic mass is 10.0. The quantitative estimate of drug-likeness (QED) is 0.442. The molecule has 0 atom stereocenters. The summed E-state index contributed by atoms with van der Waals surface area (Å²) in [7, 11) is 0. The summed E-state index contributed by atoms with van der Waals surface area (Å²) in [5, 5.41) is 11.0. The molecule has 2 amide bonds. The van der Waals surface area contributed by atoms with E-state index in [0.29, 0.717) is 35.6 Å². The number of carbonyl (C=O) groups is 2. The van der Waals surface area contributed by atoms with Crippen molar-refractivity contribution in [2.75, 3.05) is 18.0 Å². The van der Waals surface area contributed by atoms with Gasteiger partial charge in [0.2, 0.25) is 0 Å². The molecule has 2 aromatic rings. The van der Waals surface area contributed by atoms with Gasteiger partial charge in [0.25, 0.3) is 17.5 Å². The third-order valence-electron chi connectivity index (χ3n) is 5.45. The van der Waals surface area contributed by atoms with Crippen molar-refractivity contribution in [1.29, 1.82) is 0 Å². The van der Waals surface area contributed by atoms with Gasteiger partial charge in [-0.15, -0.1) is 0 Å². The van der Waals surface area contributed by atoms with E-state index < -0.39 is 10.8 Å². The number of nitro groups is 1. The standard InChI is InChI=1S/C22H21N3O4/c1-2-15-5-9-17(10-6-15)24-21(26)19(16-7-11-18(12-8-16)25(28)29)20(22(24)27)23-13-3-4-14-23/h5-12H,2-4,13-14H2,1H3. The summed E-state index contributed by atoms with van der Waals surface area (Å²) in [5.74, 6) is -0.732. The zero-order valence-corrected chi connectivity index (χ0v) is 16.1. The van der Waals surface area contributed by atoms with Crippen LogP contribution in [0.5, 0.6) is 0 Å². The van der Waals surface area contributed by atoms with Crippen molar-refractivity contribution in [2.24, 2.45) is 0 Å². The maximum atomic E-state index is 13.3. The minimum atomic E-state index is -0.483. The molecule has 2 heterocycles. The molecule has 2 aliphatic heterocycles. The Morgan fingerprint density at radius 3 is 2.10 bits per heavy atom. The second-order valence-electron chi connectivity index (χ2n) is 7.19. The van der Waals surface area contributed by atoms with Gasteiger partial charge < -0.3 is 4.90 Å². The summed E-state index contributed by atoms with van der Waals surface area (Å²) < 4.78 is 0. The SMILES string of the molecule is CCc1ccc(N2C(=O)C(c3ccc([N+](=O)[O-])cc3)=C(N3CCCC3)C2=O)cc1. The molecule has 0 aliphatic carbocycles. The van der Waals surface area contributed by atoms with E-state index in [9.17, 15) is 19.7 Å². The largest absolute Gasteiger partial charge is 0.366 e. The van der Waals surface area contributed by atoms with Crippen molar-refractivity contribution >= 4 is 28.8 Å². The second kappa shape index (κ2) is 7.50. The molecule has 0 N–H and O–H groups in total. The Balaban J connectivity index is 1.78. The molecule has 2 aliphatic rings. The number of likely N-dealkylation sites (tertiary alicyclic amines) is 1. The number of aryl methyl sites for hydroxylation is 1. The topological polar surface area (TPSA) is 83.8 Å². The number of hydrogen-bond acceptors (Lipinski definition) is 5. The summed E-state index contributed by atoms with van der Waals surface area (Å²) in [6.45, 7) is 3.47. The van der Waals surface area contributed by atoms with Crippen LogP contribution in [0.2, 0.25) is 0 Å². The Morgan fingerprint density at radius 2 is 1.55 bits per heavy atom. The van der Waals surface area contributed by atoms with Gasteiger partial charge in [-0.1, -0.05) is 19.1 Å². The van der Waals surface area contributed by atoms with E-state index in [0.717, 1.165) is 24.8 Å². The van der Waals surface area contributed by atoms with Crippen LogP contribution >= 0.6 is 0 Å². The molecule has 0 saturated carbocycles. The van der Waals surface area contributed by atoms with Gasteiger partial charge in [0.05, 0.1) is 16.2 Å². The van der Waals surface area contributed by atoms with Crippen LogP contribution in [-0.4, -0.2) is 34.7 Å². The van der Waals surface area contributed by atoms with Gasteiger partial charge in [-0.2, -0.15) is 0 Å². The van der Waals surface area contributed by atoms with E-state index >= 15 is 0 Å². The number of nitrogens with zero attached hydrogens (tertiary/aromatic N) is 3. The van der Waals surface area contributed by atoms with Gasteiger partial charge in [0.1, 0.15) is 5.70 Å². The first-order chi connectivity index (χ1) is 14.0. The van der Waals surface area contributed by atoms with Gasteiger partial charge in [-0.25, -0.2) is 4.90 Å². The molecule has 0 aromatic heterocycles. The van der Waals surface area contributed by atoms with E-state index in [2.05, 4.69) is 0 Å². The van der Waals surface area contributed by atoms with Gasteiger partial charge in [0.15, 0.2) is 0 Å². The van der Waals surface area contributed by atoms with E-state index in [1.165, 1.54) is 17.0 Å². The molecular weight excluding hydrogens is 370 g/mol. The van der Waals surface area contributed by atoms with E-state index in [1.54, 1.807) is 24.3 Å². The number of non-ortho nitro benzene ring substituents is 1. The molecule has 7 heteroatoms. The molecular formula is C22H21N3O4. The Kier molecular flexibility index (Phi) is 4.88. The third-order valence-corrected chi connectivity index (χ3v) is 5.45. The van der Waals surface area contributed by atoms with Crippen LogP contribution in [0.3, 0.4) is 0 Å². The first-order valence-corrected chi connectivity index (χ1v) is 9.73. The number of amides is 2. The number of nitro benzene ring substituents is 1. The highest BCUT2D eigenvalue weighted by Crippen LogP contribution is 2.36. The van der Waals surface area contributed by atoms with Crippen molar-refractivity contribution < 1.29 is 14.5 Å². The number of carbonyl (C=O) groups excluding carboxylic acids is 2. The zero-order chi connectivity index (χ0) is 20.5. The fraction of sp³-hybridized carbons (Fsp3) is 0.273. The lowest BCUT2D eigenvalue weighted by molar-refractivity contribution is -0.384. The number of imide groups is 1. The Bertz CT molecular complexity index is 1000. The van der Waals surface area contributed by atoms with Crippen molar-refractivity contribution in [3.8, 4) is 0 Å². The molecule has 2 aromatic carbocycles. The fourth-order valence-electron chi connectivity index (χ4n) is 3.88. The first kappa shape index (κ1) is 18.9. The predicted octanol–water partition coefficient (Wildman–Crippen LogP) is 3.54. The maximum absolute atomic E-state index is 13.3. The van der Waals surface area contributed by atoms with Crippen LogP contribution in [0.25, 0.3) is 5.57 Å². The van der Waals surface area contributed by atoms with Crippen LogP contribution < -0.4 is 4.90 Å². The smallest absolute Gasteiger partial charge is 0.282 e. The Hall–Kier alpha value is -3.48. The van der Waals surface area contributed by atoms with Crippen LogP contribution in [0.4, 0.5) is 11.4 Å². The minimum absolute atomic E-state index is 0.0548. The number of rotatable bonds is 5.